The molecule has 1 heterocycles. The number of hydrogen-bond donors (Lipinski definition) is 2. The molecule has 0 bridgehead atoms. The third-order valence-corrected chi connectivity index (χ3v) is 5.03. The van der Waals surface area contributed by atoms with E-state index in [0.29, 0.717) is 24.9 Å². The Morgan fingerprint density at radius 2 is 2.00 bits per heavy atom. The van der Waals surface area contributed by atoms with Crippen LogP contribution in [0.5, 0.6) is 0 Å². The van der Waals surface area contributed by atoms with Crippen molar-refractivity contribution in [1.82, 2.24) is 10.6 Å². The Hall–Kier alpha value is -3.15. The van der Waals surface area contributed by atoms with E-state index in [4.69, 9.17) is 4.74 Å². The molecule has 2 amide bonds. The van der Waals surface area contributed by atoms with Crippen molar-refractivity contribution in [2.24, 2.45) is 5.92 Å². The van der Waals surface area contributed by atoms with Crippen molar-refractivity contribution >= 4 is 28.6 Å². The van der Waals surface area contributed by atoms with Gasteiger partial charge in [-0.2, -0.15) is 0 Å². The number of carbonyl (C=O) groups excluding carboxylic acids is 3. The lowest BCUT2D eigenvalue weighted by molar-refractivity contribution is -0.137. The molecule has 0 aromatic heterocycles. The monoisotopic (exact) mass is 394 g/mol. The largest absolute Gasteiger partial charge is 0.463 e. The van der Waals surface area contributed by atoms with Gasteiger partial charge in [-0.3, -0.25) is 9.59 Å². The van der Waals surface area contributed by atoms with Crippen LogP contribution in [0.1, 0.15) is 35.7 Å². The van der Waals surface area contributed by atoms with Crippen LogP contribution in [0.2, 0.25) is 0 Å². The predicted molar refractivity (Wildman–Crippen MR) is 111 cm³/mol. The van der Waals surface area contributed by atoms with Crippen molar-refractivity contribution < 1.29 is 19.1 Å². The summed E-state index contributed by atoms with van der Waals surface area (Å²) in [5, 5.41) is 7.80. The fourth-order valence-electron chi connectivity index (χ4n) is 3.51. The van der Waals surface area contributed by atoms with Gasteiger partial charge in [0.15, 0.2) is 0 Å². The number of aryl methyl sites for hydroxylation is 1. The van der Waals surface area contributed by atoms with Crippen LogP contribution in [0, 0.1) is 12.8 Å². The van der Waals surface area contributed by atoms with E-state index in [-0.39, 0.29) is 24.3 Å². The number of amides is 2. The highest BCUT2D eigenvalue weighted by Gasteiger charge is 2.27. The van der Waals surface area contributed by atoms with Crippen molar-refractivity contribution in [2.75, 3.05) is 13.2 Å². The molecule has 1 fully saturated rings. The van der Waals surface area contributed by atoms with Crippen molar-refractivity contribution in [3.05, 3.63) is 59.7 Å². The van der Waals surface area contributed by atoms with Crippen LogP contribution in [0.3, 0.4) is 0 Å². The number of rotatable bonds is 7. The highest BCUT2D eigenvalue weighted by Crippen LogP contribution is 2.20. The molecule has 2 aromatic rings. The second kappa shape index (κ2) is 9.37. The minimum atomic E-state index is -0.469. The number of nitrogens with one attached hydrogen (secondary N) is 2. The number of benzene rings is 2. The van der Waals surface area contributed by atoms with Crippen LogP contribution in [0.15, 0.2) is 48.6 Å². The van der Waals surface area contributed by atoms with Crippen LogP contribution >= 0.6 is 0 Å². The van der Waals surface area contributed by atoms with Crippen LogP contribution in [0.4, 0.5) is 0 Å². The quantitative estimate of drug-likeness (QED) is 0.559. The standard InChI is InChI=1S/C23H26N2O4/c1-3-29-21(26)9-8-20(14-19-10-11-24-22(19)27)25-23(28)18-7-6-16-12-15(2)4-5-17(16)13-18/h4-9,12-13,19-20H,3,10-11,14H2,1-2H3,(H,24,27)(H,25,28)/b9-8+. The van der Waals surface area contributed by atoms with E-state index in [9.17, 15) is 14.4 Å². The van der Waals surface area contributed by atoms with E-state index in [0.717, 1.165) is 16.3 Å². The maximum atomic E-state index is 12.8. The highest BCUT2D eigenvalue weighted by molar-refractivity contribution is 5.99. The van der Waals surface area contributed by atoms with E-state index in [1.807, 2.05) is 31.2 Å². The molecule has 1 aliphatic heterocycles. The Morgan fingerprint density at radius 1 is 1.24 bits per heavy atom. The van der Waals surface area contributed by atoms with Crippen molar-refractivity contribution in [3.63, 3.8) is 0 Å². The van der Waals surface area contributed by atoms with E-state index in [1.54, 1.807) is 19.1 Å². The summed E-state index contributed by atoms with van der Waals surface area (Å²) in [7, 11) is 0. The number of carbonyl (C=O) groups is 3. The van der Waals surface area contributed by atoms with Gasteiger partial charge >= 0.3 is 5.97 Å². The summed E-state index contributed by atoms with van der Waals surface area (Å²) in [6.07, 6.45) is 4.06. The van der Waals surface area contributed by atoms with Crippen LogP contribution in [-0.4, -0.2) is 37.0 Å². The summed E-state index contributed by atoms with van der Waals surface area (Å²) in [6.45, 7) is 4.67. The smallest absolute Gasteiger partial charge is 0.330 e. The second-order valence-corrected chi connectivity index (χ2v) is 7.27. The molecular formula is C23H26N2O4. The Balaban J connectivity index is 1.76. The average molecular weight is 394 g/mol. The number of hydrogen-bond acceptors (Lipinski definition) is 4. The van der Waals surface area contributed by atoms with Gasteiger partial charge in [-0.05, 0) is 49.6 Å². The van der Waals surface area contributed by atoms with Gasteiger partial charge < -0.3 is 15.4 Å². The molecule has 2 N–H and O–H groups in total. The first-order valence-corrected chi connectivity index (χ1v) is 9.90. The molecule has 1 aliphatic rings. The first-order chi connectivity index (χ1) is 14.0. The lowest BCUT2D eigenvalue weighted by Crippen LogP contribution is -2.36. The fourth-order valence-corrected chi connectivity index (χ4v) is 3.51. The number of fused-ring (bicyclic) bond motifs is 1. The van der Waals surface area contributed by atoms with Crippen LogP contribution in [0.25, 0.3) is 10.8 Å². The molecule has 2 atom stereocenters. The van der Waals surface area contributed by atoms with Gasteiger partial charge in [-0.25, -0.2) is 4.79 Å². The van der Waals surface area contributed by atoms with Crippen molar-refractivity contribution in [3.8, 4) is 0 Å². The maximum absolute atomic E-state index is 12.8. The van der Waals surface area contributed by atoms with Gasteiger partial charge in [0.2, 0.25) is 5.91 Å². The molecule has 1 saturated heterocycles. The highest BCUT2D eigenvalue weighted by atomic mass is 16.5. The first-order valence-electron chi connectivity index (χ1n) is 9.90. The molecule has 0 saturated carbocycles. The Bertz CT molecular complexity index is 951. The molecule has 2 unspecified atom stereocenters. The normalized spacial score (nSPS) is 17.3. The number of esters is 1. The zero-order valence-electron chi connectivity index (χ0n) is 16.7. The Labute approximate surface area is 170 Å². The summed E-state index contributed by atoms with van der Waals surface area (Å²) in [5.74, 6) is -0.922. The van der Waals surface area contributed by atoms with Gasteiger partial charge in [0, 0.05) is 30.1 Å². The predicted octanol–water partition coefficient (Wildman–Crippen LogP) is 2.89. The molecular weight excluding hydrogens is 368 g/mol. The molecule has 3 rings (SSSR count). The molecule has 152 valence electrons. The maximum Gasteiger partial charge on any atom is 0.330 e. The van der Waals surface area contributed by atoms with Crippen molar-refractivity contribution in [1.29, 1.82) is 0 Å². The summed E-state index contributed by atoms with van der Waals surface area (Å²) in [5.41, 5.74) is 1.69. The minimum Gasteiger partial charge on any atom is -0.463 e. The molecule has 29 heavy (non-hydrogen) atoms. The third kappa shape index (κ3) is 5.44. The van der Waals surface area contributed by atoms with Gasteiger partial charge in [0.1, 0.15) is 0 Å². The molecule has 6 heteroatoms. The number of ether oxygens (including phenoxy) is 1. The molecule has 0 radical (unpaired) electrons. The first kappa shape index (κ1) is 20.6. The second-order valence-electron chi connectivity index (χ2n) is 7.27. The lowest BCUT2D eigenvalue weighted by atomic mass is 9.97. The summed E-state index contributed by atoms with van der Waals surface area (Å²) in [6, 6.07) is 11.2. The third-order valence-electron chi connectivity index (χ3n) is 5.03. The SMILES string of the molecule is CCOC(=O)/C=C/C(CC1CCNC1=O)NC(=O)c1ccc2cc(C)ccc2c1. The molecule has 6 nitrogen and oxygen atoms in total. The summed E-state index contributed by atoms with van der Waals surface area (Å²) >= 11 is 0. The summed E-state index contributed by atoms with van der Waals surface area (Å²) < 4.78 is 4.91. The van der Waals surface area contributed by atoms with Gasteiger partial charge in [-0.15, -0.1) is 0 Å². The average Bonchev–Trinajstić information content (AvgIpc) is 3.10. The Kier molecular flexibility index (Phi) is 6.65. The van der Waals surface area contributed by atoms with Gasteiger partial charge in [0.05, 0.1) is 6.61 Å². The van der Waals surface area contributed by atoms with Gasteiger partial charge in [-0.1, -0.05) is 35.9 Å². The zero-order chi connectivity index (χ0) is 20.8. The fraction of sp³-hybridized carbons (Fsp3) is 0.348. The Morgan fingerprint density at radius 3 is 2.72 bits per heavy atom. The van der Waals surface area contributed by atoms with E-state index >= 15 is 0 Å². The molecule has 0 aliphatic carbocycles. The molecule has 0 spiro atoms. The summed E-state index contributed by atoms with van der Waals surface area (Å²) in [4.78, 5) is 36.4. The lowest BCUT2D eigenvalue weighted by Gasteiger charge is -2.18. The van der Waals surface area contributed by atoms with Crippen molar-refractivity contribution in [2.45, 2.75) is 32.7 Å². The van der Waals surface area contributed by atoms with E-state index < -0.39 is 12.0 Å². The van der Waals surface area contributed by atoms with Crippen LogP contribution in [-0.2, 0) is 14.3 Å². The van der Waals surface area contributed by atoms with Gasteiger partial charge in [0.25, 0.3) is 5.91 Å². The van der Waals surface area contributed by atoms with E-state index in [1.165, 1.54) is 6.08 Å². The topological polar surface area (TPSA) is 84.5 Å². The zero-order valence-corrected chi connectivity index (χ0v) is 16.7. The van der Waals surface area contributed by atoms with Crippen LogP contribution < -0.4 is 10.6 Å². The molecule has 2 aromatic carbocycles. The minimum absolute atomic E-state index is 0.0186. The van der Waals surface area contributed by atoms with E-state index in [2.05, 4.69) is 16.7 Å².